The zero-order chi connectivity index (χ0) is 23.8. The molecular weight excluding hydrogens is 432 g/mol. The Morgan fingerprint density at radius 3 is 1.61 bits per heavy atom. The van der Waals surface area contributed by atoms with E-state index in [9.17, 15) is 19.8 Å². The van der Waals surface area contributed by atoms with Crippen LogP contribution < -0.4 is 20.3 Å². The lowest BCUT2D eigenvalue weighted by Crippen LogP contribution is -2.18. The van der Waals surface area contributed by atoms with Crippen LogP contribution in [-0.2, 0) is 0 Å². The molecule has 33 heavy (non-hydrogen) atoms. The molecule has 0 fully saturated rings. The standard InChI is InChI=1S/C22H20N4O7/c1-31-19-9-13(3-5-15(19)27)11-23-25-21(29)17-7-8-18(33-17)22(30)26-24-12-14-4-6-16(28)20(10-14)32-2/h3-12,27-28H,1-2H3,(H,25,29)(H,26,30). The highest BCUT2D eigenvalue weighted by Gasteiger charge is 2.15. The second-order valence-electron chi connectivity index (χ2n) is 6.42. The SMILES string of the molecule is COc1cc(C=NNC(=O)c2ccc(C(=O)NN=Cc3ccc(O)c(OC)c3)o2)ccc1O. The van der Waals surface area contributed by atoms with E-state index in [4.69, 9.17) is 13.9 Å². The minimum Gasteiger partial charge on any atom is -0.504 e. The summed E-state index contributed by atoms with van der Waals surface area (Å²) in [7, 11) is 2.83. The lowest BCUT2D eigenvalue weighted by Gasteiger charge is -2.03. The van der Waals surface area contributed by atoms with Gasteiger partial charge in [0.05, 0.1) is 26.6 Å². The Hall–Kier alpha value is -4.80. The van der Waals surface area contributed by atoms with Crippen molar-refractivity contribution < 1.29 is 33.7 Å². The number of carbonyl (C=O) groups is 2. The maximum Gasteiger partial charge on any atom is 0.307 e. The van der Waals surface area contributed by atoms with Crippen LogP contribution in [0, 0.1) is 0 Å². The molecule has 0 unspecified atom stereocenters. The number of benzene rings is 2. The number of amides is 2. The first-order valence-corrected chi connectivity index (χ1v) is 9.42. The summed E-state index contributed by atoms with van der Waals surface area (Å²) in [6.07, 6.45) is 2.70. The van der Waals surface area contributed by atoms with E-state index in [-0.39, 0.29) is 34.5 Å². The molecule has 11 heteroatoms. The second kappa shape index (κ2) is 10.5. The molecule has 2 aromatic carbocycles. The van der Waals surface area contributed by atoms with Crippen molar-refractivity contribution in [3.05, 3.63) is 71.2 Å². The first-order valence-electron chi connectivity index (χ1n) is 9.42. The summed E-state index contributed by atoms with van der Waals surface area (Å²) in [5.41, 5.74) is 5.70. The van der Waals surface area contributed by atoms with Crippen LogP contribution in [0.15, 0.2) is 63.2 Å². The van der Waals surface area contributed by atoms with E-state index in [1.54, 1.807) is 12.1 Å². The van der Waals surface area contributed by atoms with Gasteiger partial charge in [0.15, 0.2) is 34.5 Å². The average molecular weight is 452 g/mol. The van der Waals surface area contributed by atoms with Crippen molar-refractivity contribution in [2.24, 2.45) is 10.2 Å². The van der Waals surface area contributed by atoms with E-state index in [0.717, 1.165) is 0 Å². The van der Waals surface area contributed by atoms with Crippen LogP contribution in [0.3, 0.4) is 0 Å². The third-order valence-electron chi connectivity index (χ3n) is 4.22. The van der Waals surface area contributed by atoms with Crippen molar-refractivity contribution in [3.8, 4) is 23.0 Å². The molecule has 0 aliphatic carbocycles. The number of methoxy groups -OCH3 is 2. The fraction of sp³-hybridized carbons (Fsp3) is 0.0909. The third-order valence-corrected chi connectivity index (χ3v) is 4.22. The average Bonchev–Trinajstić information content (AvgIpc) is 3.31. The third kappa shape index (κ3) is 5.88. The second-order valence-corrected chi connectivity index (χ2v) is 6.42. The number of carbonyl (C=O) groups excluding carboxylic acids is 2. The zero-order valence-electron chi connectivity index (χ0n) is 17.6. The molecule has 1 heterocycles. The van der Waals surface area contributed by atoms with Crippen molar-refractivity contribution in [1.29, 1.82) is 0 Å². The molecule has 0 saturated carbocycles. The highest BCUT2D eigenvalue weighted by Crippen LogP contribution is 2.26. The Bertz CT molecular complexity index is 1130. The summed E-state index contributed by atoms with van der Waals surface area (Å²) in [6.45, 7) is 0. The van der Waals surface area contributed by atoms with Crippen LogP contribution in [0.4, 0.5) is 0 Å². The molecule has 2 amide bonds. The number of hydrazone groups is 2. The number of phenols is 2. The van der Waals surface area contributed by atoms with Crippen LogP contribution in [0.5, 0.6) is 23.0 Å². The predicted octanol–water partition coefficient (Wildman–Crippen LogP) is 2.24. The number of ether oxygens (including phenoxy) is 2. The first kappa shape index (κ1) is 22.9. The summed E-state index contributed by atoms with van der Waals surface area (Å²) in [6, 6.07) is 11.7. The number of hydrogen-bond donors (Lipinski definition) is 4. The summed E-state index contributed by atoms with van der Waals surface area (Å²) >= 11 is 0. The van der Waals surface area contributed by atoms with Crippen molar-refractivity contribution in [2.75, 3.05) is 14.2 Å². The van der Waals surface area contributed by atoms with E-state index in [2.05, 4.69) is 21.1 Å². The quantitative estimate of drug-likeness (QED) is 0.302. The van der Waals surface area contributed by atoms with Crippen LogP contribution in [0.2, 0.25) is 0 Å². The van der Waals surface area contributed by atoms with Gasteiger partial charge in [0.2, 0.25) is 0 Å². The number of furan rings is 1. The number of nitrogens with one attached hydrogen (secondary N) is 2. The number of phenolic OH excluding ortho intramolecular Hbond substituents is 2. The predicted molar refractivity (Wildman–Crippen MR) is 118 cm³/mol. The molecule has 170 valence electrons. The summed E-state index contributed by atoms with van der Waals surface area (Å²) in [5, 5.41) is 26.8. The lowest BCUT2D eigenvalue weighted by molar-refractivity contribution is 0.0902. The number of rotatable bonds is 8. The fourth-order valence-corrected chi connectivity index (χ4v) is 2.57. The first-order chi connectivity index (χ1) is 15.9. The highest BCUT2D eigenvalue weighted by molar-refractivity contribution is 5.96. The molecule has 0 aliphatic rings. The molecule has 0 saturated heterocycles. The van der Waals surface area contributed by atoms with Gasteiger partial charge in [0.1, 0.15) is 0 Å². The minimum absolute atomic E-state index is 0.0211. The number of aromatic hydroxyl groups is 2. The molecule has 0 spiro atoms. The molecule has 0 aliphatic heterocycles. The van der Waals surface area contributed by atoms with Gasteiger partial charge in [-0.05, 0) is 59.7 Å². The van der Waals surface area contributed by atoms with Gasteiger partial charge in [-0.25, -0.2) is 10.9 Å². The van der Waals surface area contributed by atoms with Gasteiger partial charge in [-0.2, -0.15) is 10.2 Å². The largest absolute Gasteiger partial charge is 0.504 e. The number of nitrogens with zero attached hydrogens (tertiary/aromatic N) is 2. The van der Waals surface area contributed by atoms with Crippen LogP contribution in [0.25, 0.3) is 0 Å². The molecule has 3 rings (SSSR count). The van der Waals surface area contributed by atoms with E-state index in [0.29, 0.717) is 11.1 Å². The van der Waals surface area contributed by atoms with E-state index < -0.39 is 11.8 Å². The Morgan fingerprint density at radius 1 is 0.788 bits per heavy atom. The molecule has 0 atom stereocenters. The van der Waals surface area contributed by atoms with E-state index in [1.807, 2.05) is 0 Å². The molecule has 1 aromatic heterocycles. The smallest absolute Gasteiger partial charge is 0.307 e. The maximum atomic E-state index is 12.2. The van der Waals surface area contributed by atoms with Crippen LogP contribution >= 0.6 is 0 Å². The van der Waals surface area contributed by atoms with Crippen molar-refractivity contribution in [3.63, 3.8) is 0 Å². The molecule has 4 N–H and O–H groups in total. The maximum absolute atomic E-state index is 12.2. The Kier molecular flexibility index (Phi) is 7.27. The minimum atomic E-state index is -0.671. The van der Waals surface area contributed by atoms with E-state index in [1.165, 1.54) is 63.0 Å². The Labute approximate surface area is 187 Å². The molecule has 0 bridgehead atoms. The van der Waals surface area contributed by atoms with Gasteiger partial charge in [0, 0.05) is 0 Å². The molecule has 0 radical (unpaired) electrons. The topological polar surface area (TPSA) is 155 Å². The zero-order valence-corrected chi connectivity index (χ0v) is 17.6. The molecular formula is C22H20N4O7. The monoisotopic (exact) mass is 452 g/mol. The fourth-order valence-electron chi connectivity index (χ4n) is 2.57. The molecule has 3 aromatic rings. The normalized spacial score (nSPS) is 11.0. The lowest BCUT2D eigenvalue weighted by atomic mass is 10.2. The Balaban J connectivity index is 1.56. The van der Waals surface area contributed by atoms with E-state index >= 15 is 0 Å². The van der Waals surface area contributed by atoms with Gasteiger partial charge >= 0.3 is 11.8 Å². The summed E-state index contributed by atoms with van der Waals surface area (Å²) < 4.78 is 15.2. The van der Waals surface area contributed by atoms with Gasteiger partial charge in [-0.1, -0.05) is 0 Å². The van der Waals surface area contributed by atoms with Gasteiger partial charge in [-0.3, -0.25) is 9.59 Å². The van der Waals surface area contributed by atoms with Crippen molar-refractivity contribution in [2.45, 2.75) is 0 Å². The Morgan fingerprint density at radius 2 is 1.21 bits per heavy atom. The van der Waals surface area contributed by atoms with Crippen LogP contribution in [-0.4, -0.2) is 48.7 Å². The number of hydrogen-bond acceptors (Lipinski definition) is 9. The van der Waals surface area contributed by atoms with Gasteiger partial charge in [-0.15, -0.1) is 0 Å². The van der Waals surface area contributed by atoms with Crippen molar-refractivity contribution >= 4 is 24.2 Å². The van der Waals surface area contributed by atoms with Crippen LogP contribution in [0.1, 0.15) is 32.2 Å². The van der Waals surface area contributed by atoms with Gasteiger partial charge < -0.3 is 24.1 Å². The highest BCUT2D eigenvalue weighted by atomic mass is 16.5. The van der Waals surface area contributed by atoms with Crippen molar-refractivity contribution in [1.82, 2.24) is 10.9 Å². The van der Waals surface area contributed by atoms with Gasteiger partial charge in [0.25, 0.3) is 0 Å². The molecule has 11 nitrogen and oxygen atoms in total. The summed E-state index contributed by atoms with van der Waals surface area (Å²) in [5.74, 6) is -1.12. The summed E-state index contributed by atoms with van der Waals surface area (Å²) in [4.78, 5) is 24.3.